The molecule has 0 radical (unpaired) electrons. The molecule has 1 fully saturated rings. The first-order chi connectivity index (χ1) is 14.5. The number of carboxylic acid groups (broad SMARTS) is 1. The number of amides is 1. The molecule has 1 amide bonds. The molecule has 3 aromatic rings. The van der Waals surface area contributed by atoms with Crippen LogP contribution in [0, 0.1) is 0 Å². The minimum absolute atomic E-state index is 0.149. The number of carbonyl (C=O) groups excluding carboxylic acids is 1. The van der Waals surface area contributed by atoms with E-state index in [1.165, 1.54) is 6.07 Å². The molecular formula is C23H23N3O3S. The van der Waals surface area contributed by atoms with Crippen molar-refractivity contribution in [3.8, 4) is 10.4 Å². The molecule has 1 saturated heterocycles. The van der Waals surface area contributed by atoms with E-state index >= 15 is 0 Å². The summed E-state index contributed by atoms with van der Waals surface area (Å²) in [5, 5.41) is 12.4. The number of anilines is 2. The van der Waals surface area contributed by atoms with Gasteiger partial charge in [-0.25, -0.2) is 4.79 Å². The highest BCUT2D eigenvalue weighted by Crippen LogP contribution is 2.39. The summed E-state index contributed by atoms with van der Waals surface area (Å²) in [6.45, 7) is 3.69. The van der Waals surface area contributed by atoms with E-state index in [0.717, 1.165) is 48.8 Å². The molecule has 6 nitrogen and oxygen atoms in total. The molecule has 0 aliphatic carbocycles. The van der Waals surface area contributed by atoms with Crippen LogP contribution in [0.1, 0.15) is 20.0 Å². The normalized spacial score (nSPS) is 14.5. The van der Waals surface area contributed by atoms with Crippen LogP contribution in [0.15, 0.2) is 60.7 Å². The number of hydrogen-bond acceptors (Lipinski definition) is 5. The van der Waals surface area contributed by atoms with Crippen molar-refractivity contribution >= 4 is 34.6 Å². The number of nitrogens with one attached hydrogen (secondary N) is 1. The lowest BCUT2D eigenvalue weighted by atomic mass is 10.0. The van der Waals surface area contributed by atoms with Crippen LogP contribution in [0.3, 0.4) is 0 Å². The predicted octanol–water partition coefficient (Wildman–Crippen LogP) is 4.12. The average molecular weight is 422 g/mol. The third-order valence-corrected chi connectivity index (χ3v) is 6.37. The molecule has 0 atom stereocenters. The molecule has 154 valence electrons. The molecule has 7 heteroatoms. The molecular weight excluding hydrogens is 398 g/mol. The summed E-state index contributed by atoms with van der Waals surface area (Å²) in [6.07, 6.45) is 0. The van der Waals surface area contributed by atoms with Gasteiger partial charge >= 0.3 is 5.97 Å². The van der Waals surface area contributed by atoms with Crippen LogP contribution in [0.2, 0.25) is 0 Å². The lowest BCUT2D eigenvalue weighted by molar-refractivity contribution is 0.0702. The largest absolute Gasteiger partial charge is 0.477 e. The van der Waals surface area contributed by atoms with Gasteiger partial charge < -0.3 is 20.2 Å². The van der Waals surface area contributed by atoms with Gasteiger partial charge in [-0.15, -0.1) is 11.3 Å². The highest BCUT2D eigenvalue weighted by atomic mass is 32.1. The van der Waals surface area contributed by atoms with Gasteiger partial charge in [-0.3, -0.25) is 4.79 Å². The van der Waals surface area contributed by atoms with Gasteiger partial charge in [0.25, 0.3) is 5.91 Å². The van der Waals surface area contributed by atoms with Gasteiger partial charge in [-0.2, -0.15) is 0 Å². The monoisotopic (exact) mass is 421 g/mol. The number of carbonyl (C=O) groups is 2. The Morgan fingerprint density at radius 2 is 1.63 bits per heavy atom. The molecule has 30 heavy (non-hydrogen) atoms. The quantitative estimate of drug-likeness (QED) is 0.648. The number of thiophene rings is 1. The van der Waals surface area contributed by atoms with E-state index in [1.54, 1.807) is 12.1 Å². The van der Waals surface area contributed by atoms with E-state index in [1.807, 2.05) is 42.5 Å². The Hall–Kier alpha value is -3.16. The van der Waals surface area contributed by atoms with Crippen LogP contribution >= 0.6 is 11.3 Å². The fourth-order valence-electron chi connectivity index (χ4n) is 3.57. The zero-order chi connectivity index (χ0) is 21.1. The van der Waals surface area contributed by atoms with Crippen molar-refractivity contribution < 1.29 is 14.7 Å². The maximum Gasteiger partial charge on any atom is 0.345 e. The van der Waals surface area contributed by atoms with Crippen molar-refractivity contribution in [2.75, 3.05) is 43.4 Å². The summed E-state index contributed by atoms with van der Waals surface area (Å²) in [5.41, 5.74) is 2.96. The van der Waals surface area contributed by atoms with E-state index in [2.05, 4.69) is 22.2 Å². The Morgan fingerprint density at radius 1 is 0.967 bits per heavy atom. The molecule has 0 saturated carbocycles. The van der Waals surface area contributed by atoms with Crippen molar-refractivity contribution in [2.45, 2.75) is 0 Å². The Balaban J connectivity index is 1.74. The second kappa shape index (κ2) is 8.69. The van der Waals surface area contributed by atoms with Crippen molar-refractivity contribution in [3.05, 3.63) is 71.1 Å². The van der Waals surface area contributed by atoms with E-state index < -0.39 is 5.97 Å². The Labute approximate surface area is 179 Å². The minimum atomic E-state index is -1.03. The molecule has 4 rings (SSSR count). The van der Waals surface area contributed by atoms with Gasteiger partial charge in [0.1, 0.15) is 4.88 Å². The number of piperazine rings is 1. The van der Waals surface area contributed by atoms with Crippen LogP contribution in [0.25, 0.3) is 10.4 Å². The minimum Gasteiger partial charge on any atom is -0.477 e. The smallest absolute Gasteiger partial charge is 0.345 e. The number of aromatic carboxylic acids is 1. The molecule has 2 heterocycles. The first-order valence-electron chi connectivity index (χ1n) is 9.79. The van der Waals surface area contributed by atoms with E-state index in [9.17, 15) is 14.7 Å². The van der Waals surface area contributed by atoms with Crippen molar-refractivity contribution in [1.29, 1.82) is 0 Å². The molecule has 2 N–H and O–H groups in total. The third kappa shape index (κ3) is 4.22. The molecule has 0 bridgehead atoms. The highest BCUT2D eigenvalue weighted by Gasteiger charge is 2.24. The molecule has 0 spiro atoms. The van der Waals surface area contributed by atoms with Crippen molar-refractivity contribution in [2.24, 2.45) is 0 Å². The summed E-state index contributed by atoms with van der Waals surface area (Å²) in [4.78, 5) is 30.1. The van der Waals surface area contributed by atoms with Crippen molar-refractivity contribution in [3.63, 3.8) is 0 Å². The Morgan fingerprint density at radius 3 is 2.33 bits per heavy atom. The van der Waals surface area contributed by atoms with Gasteiger partial charge in [0.15, 0.2) is 0 Å². The van der Waals surface area contributed by atoms with Crippen LogP contribution in [-0.2, 0) is 0 Å². The first kappa shape index (κ1) is 20.1. The summed E-state index contributed by atoms with van der Waals surface area (Å²) in [5.74, 6) is -1.34. The Bertz CT molecular complexity index is 1060. The van der Waals surface area contributed by atoms with E-state index in [-0.39, 0.29) is 10.8 Å². The number of likely N-dealkylation sites (N-methyl/N-ethyl adjacent to an activating group) is 1. The maximum absolute atomic E-state index is 13.1. The van der Waals surface area contributed by atoms with Crippen LogP contribution < -0.4 is 10.2 Å². The van der Waals surface area contributed by atoms with Crippen molar-refractivity contribution in [1.82, 2.24) is 4.90 Å². The lowest BCUT2D eigenvalue weighted by Gasteiger charge is -2.35. The van der Waals surface area contributed by atoms with Gasteiger partial charge in [0.05, 0.1) is 5.56 Å². The number of para-hydroxylation sites is 2. The standard InChI is InChI=1S/C23H23N3O3S/c1-25-11-13-26(14-12-25)19-10-6-5-9-17(19)21-18(15-20(30-21)23(28)29)22(27)24-16-7-3-2-4-8-16/h2-10,15H,11-14H2,1H3,(H,24,27)(H,28,29). The topological polar surface area (TPSA) is 72.9 Å². The zero-order valence-electron chi connectivity index (χ0n) is 16.7. The number of benzene rings is 2. The second-order valence-corrected chi connectivity index (χ2v) is 8.34. The SMILES string of the molecule is CN1CCN(c2ccccc2-c2sc(C(=O)O)cc2C(=O)Nc2ccccc2)CC1. The highest BCUT2D eigenvalue weighted by molar-refractivity contribution is 7.17. The van der Waals surface area contributed by atoms with Gasteiger partial charge in [-0.05, 0) is 31.3 Å². The number of nitrogens with zero attached hydrogens (tertiary/aromatic N) is 2. The summed E-state index contributed by atoms with van der Waals surface area (Å²) < 4.78 is 0. The number of rotatable bonds is 5. The molecule has 1 aliphatic heterocycles. The fraction of sp³-hybridized carbons (Fsp3) is 0.217. The number of carboxylic acids is 1. The molecule has 0 unspecified atom stereocenters. The van der Waals surface area contributed by atoms with Gasteiger partial charge in [0, 0.05) is 48.0 Å². The fourth-order valence-corrected chi connectivity index (χ4v) is 4.60. The molecule has 1 aromatic heterocycles. The van der Waals surface area contributed by atoms with E-state index in [0.29, 0.717) is 16.1 Å². The maximum atomic E-state index is 13.1. The third-order valence-electron chi connectivity index (χ3n) is 5.21. The number of hydrogen-bond donors (Lipinski definition) is 2. The van der Waals surface area contributed by atoms with E-state index in [4.69, 9.17) is 0 Å². The summed E-state index contributed by atoms with van der Waals surface area (Å²) in [6, 6.07) is 18.6. The van der Waals surface area contributed by atoms with Gasteiger partial charge in [0.2, 0.25) is 0 Å². The second-order valence-electron chi connectivity index (χ2n) is 7.29. The van der Waals surface area contributed by atoms with Crippen LogP contribution in [0.5, 0.6) is 0 Å². The lowest BCUT2D eigenvalue weighted by Crippen LogP contribution is -2.44. The van der Waals surface area contributed by atoms with Crippen LogP contribution in [0.4, 0.5) is 11.4 Å². The van der Waals surface area contributed by atoms with Crippen LogP contribution in [-0.4, -0.2) is 55.1 Å². The average Bonchev–Trinajstić information content (AvgIpc) is 3.21. The first-order valence-corrected chi connectivity index (χ1v) is 10.6. The molecule has 2 aromatic carbocycles. The predicted molar refractivity (Wildman–Crippen MR) is 121 cm³/mol. The summed E-state index contributed by atoms with van der Waals surface area (Å²) >= 11 is 1.14. The summed E-state index contributed by atoms with van der Waals surface area (Å²) in [7, 11) is 2.10. The Kier molecular flexibility index (Phi) is 5.83. The van der Waals surface area contributed by atoms with Gasteiger partial charge in [-0.1, -0.05) is 36.4 Å². The zero-order valence-corrected chi connectivity index (χ0v) is 17.5. The molecule has 1 aliphatic rings.